The number of anilines is 1. The second-order valence-corrected chi connectivity index (χ2v) is 7.55. The van der Waals surface area contributed by atoms with Crippen molar-refractivity contribution in [2.45, 2.75) is 18.2 Å². The maximum atomic E-state index is 13.8. The van der Waals surface area contributed by atoms with Gasteiger partial charge in [-0.2, -0.15) is 0 Å². The van der Waals surface area contributed by atoms with Crippen LogP contribution in [0.1, 0.15) is 18.9 Å². The fourth-order valence-corrected chi connectivity index (χ4v) is 3.42. The van der Waals surface area contributed by atoms with Gasteiger partial charge in [-0.1, -0.05) is 23.4 Å². The second kappa shape index (κ2) is 9.40. The van der Waals surface area contributed by atoms with Crippen LogP contribution in [0.5, 0.6) is 5.75 Å². The third kappa shape index (κ3) is 5.25. The molecule has 0 spiro atoms. The Labute approximate surface area is 179 Å². The van der Waals surface area contributed by atoms with Crippen molar-refractivity contribution in [2.75, 3.05) is 11.1 Å². The van der Waals surface area contributed by atoms with Gasteiger partial charge in [-0.15, -0.1) is 10.2 Å². The molecule has 1 atom stereocenters. The average molecular weight is 457 g/mol. The van der Waals surface area contributed by atoms with Gasteiger partial charge in [0.25, 0.3) is 0 Å². The summed E-state index contributed by atoms with van der Waals surface area (Å²) < 4.78 is 47.1. The van der Waals surface area contributed by atoms with Gasteiger partial charge in [0.15, 0.2) is 28.7 Å². The van der Waals surface area contributed by atoms with Crippen LogP contribution in [0.25, 0.3) is 0 Å². The molecule has 0 saturated heterocycles. The number of carbonyl (C=O) groups excluding carboxylic acids is 1. The van der Waals surface area contributed by atoms with Crippen LogP contribution >= 0.6 is 23.4 Å². The van der Waals surface area contributed by atoms with Gasteiger partial charge in [-0.25, -0.2) is 13.2 Å². The summed E-state index contributed by atoms with van der Waals surface area (Å²) in [7, 11) is 1.68. The Morgan fingerprint density at radius 3 is 2.67 bits per heavy atom. The summed E-state index contributed by atoms with van der Waals surface area (Å²) >= 11 is 6.81. The van der Waals surface area contributed by atoms with Crippen molar-refractivity contribution >= 4 is 35.0 Å². The topological polar surface area (TPSA) is 69.0 Å². The third-order valence-corrected chi connectivity index (χ3v) is 5.28. The monoisotopic (exact) mass is 456 g/mol. The molecular formula is C19H16ClF3N4O2S. The van der Waals surface area contributed by atoms with Crippen molar-refractivity contribution in [2.24, 2.45) is 7.05 Å². The molecule has 0 aliphatic carbocycles. The first-order valence-corrected chi connectivity index (χ1v) is 9.99. The van der Waals surface area contributed by atoms with Gasteiger partial charge in [0.2, 0.25) is 5.91 Å². The van der Waals surface area contributed by atoms with E-state index >= 15 is 0 Å². The highest BCUT2D eigenvalue weighted by Gasteiger charge is 2.19. The zero-order valence-electron chi connectivity index (χ0n) is 15.8. The van der Waals surface area contributed by atoms with E-state index in [0.717, 1.165) is 30.0 Å². The Kier molecular flexibility index (Phi) is 6.88. The number of benzene rings is 2. The molecule has 0 radical (unpaired) electrons. The molecular weight excluding hydrogens is 441 g/mol. The third-order valence-electron chi connectivity index (χ3n) is 3.97. The van der Waals surface area contributed by atoms with Gasteiger partial charge in [0.1, 0.15) is 11.6 Å². The number of hydrogen-bond donors (Lipinski definition) is 1. The first-order chi connectivity index (χ1) is 14.2. The van der Waals surface area contributed by atoms with Crippen molar-refractivity contribution in [1.29, 1.82) is 0 Å². The molecule has 3 rings (SSSR count). The largest absolute Gasteiger partial charge is 0.480 e. The van der Waals surface area contributed by atoms with E-state index in [1.165, 1.54) is 18.2 Å². The Balaban J connectivity index is 1.60. The SMILES string of the molecule is CC(Oc1ccc(F)cc1F)c1nnc(SCC(=O)Nc2ccc(F)c(Cl)c2)n1C. The Hall–Kier alpha value is -2.72. The molecule has 0 bridgehead atoms. The molecule has 1 amide bonds. The quantitative estimate of drug-likeness (QED) is 0.519. The predicted octanol–water partition coefficient (Wildman–Crippen LogP) is 4.76. The lowest BCUT2D eigenvalue weighted by Crippen LogP contribution is -2.15. The number of halogens is 4. The molecule has 3 aromatic rings. The summed E-state index contributed by atoms with van der Waals surface area (Å²) in [6.07, 6.45) is -0.674. The first-order valence-electron chi connectivity index (χ1n) is 8.63. The van der Waals surface area contributed by atoms with Crippen molar-refractivity contribution in [3.8, 4) is 5.75 Å². The van der Waals surface area contributed by atoms with Crippen molar-refractivity contribution in [3.63, 3.8) is 0 Å². The maximum absolute atomic E-state index is 13.8. The van der Waals surface area contributed by atoms with E-state index in [9.17, 15) is 18.0 Å². The van der Waals surface area contributed by atoms with Crippen LogP contribution in [0.4, 0.5) is 18.9 Å². The molecule has 158 valence electrons. The van der Waals surface area contributed by atoms with Gasteiger partial charge in [-0.05, 0) is 37.3 Å². The van der Waals surface area contributed by atoms with Gasteiger partial charge < -0.3 is 14.6 Å². The van der Waals surface area contributed by atoms with Gasteiger partial charge in [0, 0.05) is 18.8 Å². The highest BCUT2D eigenvalue weighted by atomic mass is 35.5. The highest BCUT2D eigenvalue weighted by molar-refractivity contribution is 7.99. The Bertz CT molecular complexity index is 1080. The molecule has 0 aliphatic heterocycles. The van der Waals surface area contributed by atoms with E-state index in [-0.39, 0.29) is 22.4 Å². The van der Waals surface area contributed by atoms with E-state index in [4.69, 9.17) is 16.3 Å². The number of thioether (sulfide) groups is 1. The van der Waals surface area contributed by atoms with E-state index in [2.05, 4.69) is 15.5 Å². The average Bonchev–Trinajstić information content (AvgIpc) is 3.06. The number of nitrogens with one attached hydrogen (secondary N) is 1. The number of carbonyl (C=O) groups is 1. The summed E-state index contributed by atoms with van der Waals surface area (Å²) in [6.45, 7) is 1.65. The molecule has 0 fully saturated rings. The van der Waals surface area contributed by atoms with Crippen LogP contribution in [0.3, 0.4) is 0 Å². The molecule has 0 saturated carbocycles. The lowest BCUT2D eigenvalue weighted by atomic mass is 10.3. The Morgan fingerprint density at radius 2 is 1.97 bits per heavy atom. The molecule has 1 unspecified atom stereocenters. The summed E-state index contributed by atoms with van der Waals surface area (Å²) in [5, 5.41) is 11.0. The normalized spacial score (nSPS) is 11.9. The zero-order chi connectivity index (χ0) is 21.8. The summed E-state index contributed by atoms with van der Waals surface area (Å²) in [6, 6.07) is 6.89. The van der Waals surface area contributed by atoms with Crippen molar-refractivity contribution < 1.29 is 22.7 Å². The van der Waals surface area contributed by atoms with E-state index in [1.54, 1.807) is 18.5 Å². The number of rotatable bonds is 7. The molecule has 1 N–H and O–H groups in total. The molecule has 6 nitrogen and oxygen atoms in total. The number of ether oxygens (including phenoxy) is 1. The first kappa shape index (κ1) is 22.0. The van der Waals surface area contributed by atoms with Crippen LogP contribution in [0.2, 0.25) is 5.02 Å². The molecule has 1 aromatic heterocycles. The summed E-state index contributed by atoms with van der Waals surface area (Å²) in [4.78, 5) is 12.1. The van der Waals surface area contributed by atoms with Gasteiger partial charge in [-0.3, -0.25) is 4.79 Å². The minimum Gasteiger partial charge on any atom is -0.480 e. The standard InChI is InChI=1S/C19H16ClF3N4O2S/c1-10(29-16-6-3-11(21)7-15(16)23)18-25-26-19(27(18)2)30-9-17(28)24-12-4-5-14(22)13(20)8-12/h3-8,10H,9H2,1-2H3,(H,24,28). The fraction of sp³-hybridized carbons (Fsp3) is 0.211. The zero-order valence-corrected chi connectivity index (χ0v) is 17.4. The van der Waals surface area contributed by atoms with E-state index in [0.29, 0.717) is 16.7 Å². The number of aromatic nitrogens is 3. The summed E-state index contributed by atoms with van der Waals surface area (Å²) in [5.41, 5.74) is 0.369. The van der Waals surface area contributed by atoms with Crippen LogP contribution < -0.4 is 10.1 Å². The molecule has 11 heteroatoms. The lowest BCUT2D eigenvalue weighted by Gasteiger charge is -2.14. The molecule has 2 aromatic carbocycles. The fourth-order valence-electron chi connectivity index (χ4n) is 2.52. The van der Waals surface area contributed by atoms with Crippen molar-refractivity contribution in [1.82, 2.24) is 14.8 Å². The maximum Gasteiger partial charge on any atom is 0.234 e. The summed E-state index contributed by atoms with van der Waals surface area (Å²) in [5.74, 6) is -2.15. The lowest BCUT2D eigenvalue weighted by molar-refractivity contribution is -0.113. The van der Waals surface area contributed by atoms with Crippen LogP contribution in [-0.4, -0.2) is 26.4 Å². The predicted molar refractivity (Wildman–Crippen MR) is 107 cm³/mol. The minimum atomic E-state index is -0.823. The highest BCUT2D eigenvalue weighted by Crippen LogP contribution is 2.26. The van der Waals surface area contributed by atoms with E-state index in [1.807, 2.05) is 0 Å². The molecule has 30 heavy (non-hydrogen) atoms. The van der Waals surface area contributed by atoms with Gasteiger partial charge in [0.05, 0.1) is 10.8 Å². The molecule has 0 aliphatic rings. The number of nitrogens with zero attached hydrogens (tertiary/aromatic N) is 3. The van der Waals surface area contributed by atoms with Crippen LogP contribution in [0, 0.1) is 17.5 Å². The molecule has 1 heterocycles. The van der Waals surface area contributed by atoms with Crippen molar-refractivity contribution in [3.05, 3.63) is 64.7 Å². The van der Waals surface area contributed by atoms with E-state index < -0.39 is 23.6 Å². The Morgan fingerprint density at radius 1 is 1.20 bits per heavy atom. The van der Waals surface area contributed by atoms with Gasteiger partial charge >= 0.3 is 0 Å². The van der Waals surface area contributed by atoms with Crippen LogP contribution in [0.15, 0.2) is 41.6 Å². The van der Waals surface area contributed by atoms with Crippen LogP contribution in [-0.2, 0) is 11.8 Å². The minimum absolute atomic E-state index is 0.0167. The number of amides is 1. The smallest absolute Gasteiger partial charge is 0.234 e. The second-order valence-electron chi connectivity index (χ2n) is 6.20. The number of hydrogen-bond acceptors (Lipinski definition) is 5.